The van der Waals surface area contributed by atoms with Gasteiger partial charge in [-0.2, -0.15) is 0 Å². The molecule has 5 heteroatoms. The molecule has 0 aromatic heterocycles. The summed E-state index contributed by atoms with van der Waals surface area (Å²) >= 11 is 0. The molecule has 0 saturated carbocycles. The third-order valence-corrected chi connectivity index (χ3v) is 3.90. The van der Waals surface area contributed by atoms with Crippen LogP contribution in [0.4, 0.5) is 0 Å². The lowest BCUT2D eigenvalue weighted by Crippen LogP contribution is -1.99. The molecular formula is C13H11ClO3S. The van der Waals surface area contributed by atoms with Gasteiger partial charge in [0.15, 0.2) is 0 Å². The summed E-state index contributed by atoms with van der Waals surface area (Å²) in [7, 11) is 3.02. The molecule has 0 spiro atoms. The van der Waals surface area contributed by atoms with Gasteiger partial charge in [-0.05, 0) is 11.6 Å². The van der Waals surface area contributed by atoms with E-state index in [9.17, 15) is 8.42 Å². The predicted molar refractivity (Wildman–Crippen MR) is 71.5 cm³/mol. The van der Waals surface area contributed by atoms with Gasteiger partial charge in [-0.15, -0.1) is 0 Å². The third kappa shape index (κ3) is 2.49. The van der Waals surface area contributed by atoms with Crippen LogP contribution in [0.1, 0.15) is 0 Å². The average molecular weight is 283 g/mol. The molecule has 0 atom stereocenters. The van der Waals surface area contributed by atoms with Crippen LogP contribution in [0, 0.1) is 0 Å². The van der Waals surface area contributed by atoms with Crippen molar-refractivity contribution in [2.24, 2.45) is 0 Å². The summed E-state index contributed by atoms with van der Waals surface area (Å²) in [6.45, 7) is 0. The molecule has 0 saturated heterocycles. The largest absolute Gasteiger partial charge is 0.495 e. The fourth-order valence-corrected chi connectivity index (χ4v) is 3.09. The predicted octanol–water partition coefficient (Wildman–Crippen LogP) is 3.29. The van der Waals surface area contributed by atoms with Gasteiger partial charge in [0, 0.05) is 16.2 Å². The monoisotopic (exact) mass is 282 g/mol. The zero-order valence-electron chi connectivity index (χ0n) is 9.63. The highest BCUT2D eigenvalue weighted by Gasteiger charge is 2.21. The number of benzene rings is 2. The second-order valence-corrected chi connectivity index (χ2v) is 6.14. The van der Waals surface area contributed by atoms with Gasteiger partial charge >= 0.3 is 0 Å². The number of hydrogen-bond acceptors (Lipinski definition) is 3. The first-order valence-electron chi connectivity index (χ1n) is 5.21. The highest BCUT2D eigenvalue weighted by molar-refractivity contribution is 8.14. The second kappa shape index (κ2) is 5.00. The molecule has 0 N–H and O–H groups in total. The lowest BCUT2D eigenvalue weighted by Gasteiger charge is -2.11. The summed E-state index contributed by atoms with van der Waals surface area (Å²) in [4.78, 5) is 0.000340. The molecule has 0 bridgehead atoms. The van der Waals surface area contributed by atoms with Gasteiger partial charge in [0.25, 0.3) is 9.05 Å². The van der Waals surface area contributed by atoms with E-state index in [0.29, 0.717) is 5.56 Å². The Balaban J connectivity index is 2.77. The van der Waals surface area contributed by atoms with E-state index in [1.807, 2.05) is 30.3 Å². The Morgan fingerprint density at radius 2 is 1.67 bits per heavy atom. The molecule has 0 aliphatic heterocycles. The number of hydrogen-bond donors (Lipinski definition) is 0. The van der Waals surface area contributed by atoms with Crippen LogP contribution in [-0.2, 0) is 9.05 Å². The molecule has 2 rings (SSSR count). The number of methoxy groups -OCH3 is 1. The van der Waals surface area contributed by atoms with Crippen molar-refractivity contribution in [1.82, 2.24) is 0 Å². The van der Waals surface area contributed by atoms with Gasteiger partial charge in [0.2, 0.25) is 0 Å². The molecule has 0 aliphatic carbocycles. The Morgan fingerprint density at radius 1 is 1.00 bits per heavy atom. The minimum atomic E-state index is -3.88. The van der Waals surface area contributed by atoms with Crippen LogP contribution < -0.4 is 4.74 Å². The molecule has 0 radical (unpaired) electrons. The van der Waals surface area contributed by atoms with Gasteiger partial charge in [0.05, 0.1) is 7.11 Å². The van der Waals surface area contributed by atoms with Gasteiger partial charge in [-0.1, -0.05) is 42.5 Å². The SMILES string of the molecule is COc1cccc(-c2ccccc2)c1S(=O)(=O)Cl. The molecule has 0 heterocycles. The molecule has 2 aromatic rings. The summed E-state index contributed by atoms with van der Waals surface area (Å²) in [5.74, 6) is 0.242. The smallest absolute Gasteiger partial charge is 0.265 e. The van der Waals surface area contributed by atoms with Crippen molar-refractivity contribution in [1.29, 1.82) is 0 Å². The Morgan fingerprint density at radius 3 is 2.22 bits per heavy atom. The van der Waals surface area contributed by atoms with Crippen LogP contribution in [-0.4, -0.2) is 15.5 Å². The van der Waals surface area contributed by atoms with Crippen LogP contribution in [0.25, 0.3) is 11.1 Å². The maximum absolute atomic E-state index is 11.7. The van der Waals surface area contributed by atoms with Crippen molar-refractivity contribution in [3.63, 3.8) is 0 Å². The van der Waals surface area contributed by atoms with E-state index < -0.39 is 9.05 Å². The standard InChI is InChI=1S/C13H11ClO3S/c1-17-12-9-5-8-11(13(12)18(14,15)16)10-6-3-2-4-7-10/h2-9H,1H3. The Kier molecular flexibility index (Phi) is 3.59. The first-order chi connectivity index (χ1) is 8.54. The minimum Gasteiger partial charge on any atom is -0.495 e. The molecule has 0 unspecified atom stereocenters. The molecular weight excluding hydrogens is 272 g/mol. The van der Waals surface area contributed by atoms with Gasteiger partial charge in [-0.3, -0.25) is 0 Å². The highest BCUT2D eigenvalue weighted by Crippen LogP contribution is 2.36. The van der Waals surface area contributed by atoms with E-state index in [1.54, 1.807) is 18.2 Å². The molecule has 0 aliphatic rings. The van der Waals surface area contributed by atoms with Crippen molar-refractivity contribution in [3.8, 4) is 16.9 Å². The van der Waals surface area contributed by atoms with E-state index in [2.05, 4.69) is 0 Å². The Hall–Kier alpha value is -1.52. The fourth-order valence-electron chi connectivity index (χ4n) is 1.77. The molecule has 94 valence electrons. The van der Waals surface area contributed by atoms with Crippen LogP contribution in [0.15, 0.2) is 53.4 Å². The summed E-state index contributed by atoms with van der Waals surface area (Å²) < 4.78 is 28.5. The zero-order chi connectivity index (χ0) is 13.2. The molecule has 0 fully saturated rings. The summed E-state index contributed by atoms with van der Waals surface area (Å²) in [6.07, 6.45) is 0. The molecule has 18 heavy (non-hydrogen) atoms. The quantitative estimate of drug-likeness (QED) is 0.812. The van der Waals surface area contributed by atoms with Gasteiger partial charge in [0.1, 0.15) is 10.6 Å². The highest BCUT2D eigenvalue weighted by atomic mass is 35.7. The van der Waals surface area contributed by atoms with E-state index >= 15 is 0 Å². The Bertz CT molecular complexity index is 651. The first kappa shape index (κ1) is 12.9. The lowest BCUT2D eigenvalue weighted by atomic mass is 10.1. The summed E-state index contributed by atoms with van der Waals surface area (Å²) in [5.41, 5.74) is 1.31. The van der Waals surface area contributed by atoms with Crippen LogP contribution in [0.2, 0.25) is 0 Å². The van der Waals surface area contributed by atoms with Crippen molar-refractivity contribution < 1.29 is 13.2 Å². The minimum absolute atomic E-state index is 0.000340. The maximum atomic E-state index is 11.7. The number of halogens is 1. The number of rotatable bonds is 3. The van der Waals surface area contributed by atoms with E-state index in [1.165, 1.54) is 7.11 Å². The summed E-state index contributed by atoms with van der Waals surface area (Å²) in [6, 6.07) is 14.2. The molecule has 3 nitrogen and oxygen atoms in total. The van der Waals surface area contributed by atoms with Crippen LogP contribution in [0.3, 0.4) is 0 Å². The third-order valence-electron chi connectivity index (χ3n) is 2.53. The maximum Gasteiger partial charge on any atom is 0.265 e. The first-order valence-corrected chi connectivity index (χ1v) is 7.52. The number of ether oxygens (including phenoxy) is 1. The van der Waals surface area contributed by atoms with Gasteiger partial charge < -0.3 is 4.74 Å². The van der Waals surface area contributed by atoms with Crippen molar-refractivity contribution in [2.45, 2.75) is 4.90 Å². The van der Waals surface area contributed by atoms with Crippen molar-refractivity contribution >= 4 is 19.7 Å². The zero-order valence-corrected chi connectivity index (χ0v) is 11.2. The summed E-state index contributed by atoms with van der Waals surface area (Å²) in [5, 5.41) is 0. The van der Waals surface area contributed by atoms with Crippen molar-refractivity contribution in [2.75, 3.05) is 7.11 Å². The lowest BCUT2D eigenvalue weighted by molar-refractivity contribution is 0.403. The van der Waals surface area contributed by atoms with E-state index in [-0.39, 0.29) is 10.6 Å². The van der Waals surface area contributed by atoms with Crippen LogP contribution >= 0.6 is 10.7 Å². The van der Waals surface area contributed by atoms with Crippen molar-refractivity contribution in [3.05, 3.63) is 48.5 Å². The van der Waals surface area contributed by atoms with E-state index in [0.717, 1.165) is 5.56 Å². The second-order valence-electron chi connectivity index (χ2n) is 3.64. The fraction of sp³-hybridized carbons (Fsp3) is 0.0769. The van der Waals surface area contributed by atoms with E-state index in [4.69, 9.17) is 15.4 Å². The molecule has 2 aromatic carbocycles. The molecule has 0 amide bonds. The topological polar surface area (TPSA) is 43.4 Å². The van der Waals surface area contributed by atoms with Gasteiger partial charge in [-0.25, -0.2) is 8.42 Å². The van der Waals surface area contributed by atoms with Crippen LogP contribution in [0.5, 0.6) is 5.75 Å². The average Bonchev–Trinajstić information content (AvgIpc) is 2.38. The Labute approximate surface area is 110 Å². The normalized spacial score (nSPS) is 11.2.